The second kappa shape index (κ2) is 11.3. The maximum absolute atomic E-state index is 13.6. The van der Waals surface area contributed by atoms with Crippen molar-refractivity contribution in [3.8, 4) is 11.5 Å². The topological polar surface area (TPSA) is 38.8 Å². The van der Waals surface area contributed by atoms with Crippen molar-refractivity contribution in [1.82, 2.24) is 4.90 Å². The molecule has 4 heteroatoms. The van der Waals surface area contributed by atoms with Gasteiger partial charge in [-0.1, -0.05) is 100 Å². The highest BCUT2D eigenvalue weighted by atomic mass is 16.6. The summed E-state index contributed by atoms with van der Waals surface area (Å²) >= 11 is 0. The van der Waals surface area contributed by atoms with Gasteiger partial charge in [-0.25, -0.2) is 4.79 Å². The molecular weight excluding hydrogens is 470 g/mol. The fourth-order valence-corrected chi connectivity index (χ4v) is 5.86. The molecule has 196 valence electrons. The average molecular weight is 508 g/mol. The Kier molecular flexibility index (Phi) is 7.69. The van der Waals surface area contributed by atoms with Crippen molar-refractivity contribution in [2.24, 2.45) is 11.8 Å². The predicted molar refractivity (Wildman–Crippen MR) is 152 cm³/mol. The molecule has 1 saturated carbocycles. The zero-order valence-corrected chi connectivity index (χ0v) is 22.5. The van der Waals surface area contributed by atoms with Crippen LogP contribution in [-0.2, 0) is 10.2 Å². The van der Waals surface area contributed by atoms with E-state index in [2.05, 4.69) is 32.9 Å². The molecule has 4 nitrogen and oxygen atoms in total. The molecule has 5 rings (SSSR count). The Hall–Kier alpha value is -3.79. The summed E-state index contributed by atoms with van der Waals surface area (Å²) in [6.45, 7) is 6.81. The number of rotatable bonds is 6. The first-order valence-corrected chi connectivity index (χ1v) is 13.6. The van der Waals surface area contributed by atoms with Crippen molar-refractivity contribution in [3.05, 3.63) is 120 Å². The highest BCUT2D eigenvalue weighted by Gasteiger charge is 2.43. The molecule has 0 bridgehead atoms. The SMILES string of the molecule is C[C@@H]1CC[C@@H](C(C)(C)c2ccc(Oc3ccccc3)cc2)[C@H](OC(=O)N2C=CC=C[C@H]2c2ccccc2)C1. The van der Waals surface area contributed by atoms with Crippen LogP contribution in [0, 0.1) is 11.8 Å². The third-order valence-corrected chi connectivity index (χ3v) is 8.11. The van der Waals surface area contributed by atoms with Crippen LogP contribution >= 0.6 is 0 Å². The standard InChI is InChI=1S/C34H37NO3/c1-25-17-22-30(34(2,3)27-18-20-29(21-19-27)37-28-14-8-5-9-15-28)32(24-25)38-33(36)35-23-11-10-16-31(35)26-12-6-4-7-13-26/h4-16,18-21,23,25,30-32H,17,22,24H2,1-3H3/t25-,30-,31+,32-/m1/s1. The van der Waals surface area contributed by atoms with Crippen LogP contribution in [0.3, 0.4) is 0 Å². The lowest BCUT2D eigenvalue weighted by atomic mass is 9.64. The number of allylic oxidation sites excluding steroid dienone is 2. The van der Waals surface area contributed by atoms with Gasteiger partial charge in [-0.15, -0.1) is 0 Å². The number of hydrogen-bond acceptors (Lipinski definition) is 3. The second-order valence-electron chi connectivity index (χ2n) is 11.1. The monoisotopic (exact) mass is 507 g/mol. The lowest BCUT2D eigenvalue weighted by molar-refractivity contribution is -0.0158. The van der Waals surface area contributed by atoms with Crippen LogP contribution in [0.4, 0.5) is 4.79 Å². The van der Waals surface area contributed by atoms with E-state index in [4.69, 9.17) is 9.47 Å². The minimum absolute atomic E-state index is 0.155. The molecule has 4 atom stereocenters. The van der Waals surface area contributed by atoms with Gasteiger partial charge in [0, 0.05) is 12.1 Å². The molecule has 1 heterocycles. The van der Waals surface area contributed by atoms with E-state index in [-0.39, 0.29) is 29.6 Å². The van der Waals surface area contributed by atoms with Gasteiger partial charge in [-0.3, -0.25) is 4.90 Å². The zero-order valence-electron chi connectivity index (χ0n) is 22.5. The van der Waals surface area contributed by atoms with E-state index in [1.54, 1.807) is 4.90 Å². The highest BCUT2D eigenvalue weighted by molar-refractivity contribution is 5.71. The van der Waals surface area contributed by atoms with Crippen molar-refractivity contribution < 1.29 is 14.3 Å². The molecule has 3 aromatic rings. The minimum atomic E-state index is -0.286. The molecule has 38 heavy (non-hydrogen) atoms. The maximum atomic E-state index is 13.6. The maximum Gasteiger partial charge on any atom is 0.414 e. The molecule has 0 radical (unpaired) electrons. The number of carbonyl (C=O) groups is 1. The van der Waals surface area contributed by atoms with Crippen molar-refractivity contribution in [3.63, 3.8) is 0 Å². The summed E-state index contributed by atoms with van der Waals surface area (Å²) in [5.74, 6) is 2.36. The molecule has 1 fully saturated rings. The Morgan fingerprint density at radius 3 is 2.21 bits per heavy atom. The molecule has 0 aromatic heterocycles. The Morgan fingerprint density at radius 2 is 1.50 bits per heavy atom. The van der Waals surface area contributed by atoms with E-state index in [1.165, 1.54) is 5.56 Å². The largest absolute Gasteiger partial charge is 0.457 e. The molecule has 0 unspecified atom stereocenters. The summed E-state index contributed by atoms with van der Waals surface area (Å²) in [6.07, 6.45) is 10.3. The van der Waals surface area contributed by atoms with Gasteiger partial charge < -0.3 is 9.47 Å². The van der Waals surface area contributed by atoms with Gasteiger partial charge in [0.25, 0.3) is 0 Å². The molecule has 1 aliphatic carbocycles. The fourth-order valence-electron chi connectivity index (χ4n) is 5.86. The summed E-state index contributed by atoms with van der Waals surface area (Å²) in [5.41, 5.74) is 2.12. The van der Waals surface area contributed by atoms with Crippen LogP contribution < -0.4 is 4.74 Å². The molecule has 3 aromatic carbocycles. The number of para-hydroxylation sites is 1. The van der Waals surface area contributed by atoms with Gasteiger partial charge in [0.15, 0.2) is 0 Å². The van der Waals surface area contributed by atoms with Gasteiger partial charge in [-0.05, 0) is 65.6 Å². The zero-order chi connectivity index (χ0) is 26.5. The molecule has 0 spiro atoms. The second-order valence-corrected chi connectivity index (χ2v) is 11.1. The van der Waals surface area contributed by atoms with Crippen LogP contribution in [-0.4, -0.2) is 17.1 Å². The van der Waals surface area contributed by atoms with Crippen LogP contribution in [0.2, 0.25) is 0 Å². The van der Waals surface area contributed by atoms with E-state index >= 15 is 0 Å². The summed E-state index contributed by atoms with van der Waals surface area (Å²) in [4.78, 5) is 15.3. The van der Waals surface area contributed by atoms with E-state index in [0.717, 1.165) is 36.3 Å². The van der Waals surface area contributed by atoms with Crippen LogP contribution in [0.5, 0.6) is 11.5 Å². The smallest absolute Gasteiger partial charge is 0.414 e. The van der Waals surface area contributed by atoms with Gasteiger partial charge in [-0.2, -0.15) is 0 Å². The van der Waals surface area contributed by atoms with Crippen molar-refractivity contribution in [2.45, 2.75) is 57.6 Å². The summed E-state index contributed by atoms with van der Waals surface area (Å²) in [6, 6.07) is 28.1. The summed E-state index contributed by atoms with van der Waals surface area (Å²) in [5, 5.41) is 0. The molecule has 1 amide bonds. The first kappa shape index (κ1) is 25.8. The van der Waals surface area contributed by atoms with E-state index in [1.807, 2.05) is 97.2 Å². The number of amides is 1. The van der Waals surface area contributed by atoms with Crippen molar-refractivity contribution >= 4 is 6.09 Å². The van der Waals surface area contributed by atoms with Gasteiger partial charge >= 0.3 is 6.09 Å². The third-order valence-electron chi connectivity index (χ3n) is 8.11. The van der Waals surface area contributed by atoms with Gasteiger partial charge in [0.2, 0.25) is 0 Å². The Balaban J connectivity index is 1.33. The number of hydrogen-bond donors (Lipinski definition) is 0. The van der Waals surface area contributed by atoms with E-state index < -0.39 is 0 Å². The van der Waals surface area contributed by atoms with Crippen LogP contribution in [0.15, 0.2) is 109 Å². The van der Waals surface area contributed by atoms with Gasteiger partial charge in [0.05, 0.1) is 6.04 Å². The summed E-state index contributed by atoms with van der Waals surface area (Å²) in [7, 11) is 0. The molecule has 2 aliphatic rings. The predicted octanol–water partition coefficient (Wildman–Crippen LogP) is 8.82. The molecule has 0 N–H and O–H groups in total. The highest BCUT2D eigenvalue weighted by Crippen LogP contribution is 2.44. The minimum Gasteiger partial charge on any atom is -0.457 e. The first-order chi connectivity index (χ1) is 18.4. The normalized spacial score (nSPS) is 23.2. The number of ether oxygens (including phenoxy) is 2. The van der Waals surface area contributed by atoms with Crippen LogP contribution in [0.25, 0.3) is 0 Å². The van der Waals surface area contributed by atoms with Crippen molar-refractivity contribution in [1.29, 1.82) is 0 Å². The number of nitrogens with zero attached hydrogens (tertiary/aromatic N) is 1. The number of carbonyl (C=O) groups excluding carboxylic acids is 1. The fraction of sp³-hybridized carbons (Fsp3) is 0.324. The van der Waals surface area contributed by atoms with Crippen molar-refractivity contribution in [2.75, 3.05) is 0 Å². The molecular formula is C34H37NO3. The molecule has 1 aliphatic heterocycles. The lowest BCUT2D eigenvalue weighted by Gasteiger charge is -2.44. The third kappa shape index (κ3) is 5.70. The number of benzene rings is 3. The Bertz CT molecular complexity index is 1260. The Morgan fingerprint density at radius 1 is 0.842 bits per heavy atom. The summed E-state index contributed by atoms with van der Waals surface area (Å²) < 4.78 is 12.4. The quantitative estimate of drug-likeness (QED) is 0.334. The Labute approximate surface area is 226 Å². The average Bonchev–Trinajstić information content (AvgIpc) is 2.94. The van der Waals surface area contributed by atoms with Gasteiger partial charge in [0.1, 0.15) is 17.6 Å². The lowest BCUT2D eigenvalue weighted by Crippen LogP contribution is -2.45. The first-order valence-electron chi connectivity index (χ1n) is 13.6. The van der Waals surface area contributed by atoms with E-state index in [0.29, 0.717) is 5.92 Å². The van der Waals surface area contributed by atoms with E-state index in [9.17, 15) is 4.79 Å². The molecule has 0 saturated heterocycles. The van der Waals surface area contributed by atoms with Crippen LogP contribution in [0.1, 0.15) is 57.2 Å².